The lowest BCUT2D eigenvalue weighted by Gasteiger charge is -2.11. The predicted molar refractivity (Wildman–Crippen MR) is 88.4 cm³/mol. The Kier molecular flexibility index (Phi) is 5.50. The maximum Gasteiger partial charge on any atom is 0.148 e. The molecule has 1 atom stereocenters. The average Bonchev–Trinajstić information content (AvgIpc) is 2.86. The minimum Gasteiger partial charge on any atom is -0.313 e. The van der Waals surface area contributed by atoms with Crippen LogP contribution < -0.4 is 5.32 Å². The second kappa shape index (κ2) is 7.15. The van der Waals surface area contributed by atoms with Crippen molar-refractivity contribution in [1.29, 1.82) is 0 Å². The Bertz CT molecular complexity index is 666. The van der Waals surface area contributed by atoms with E-state index in [9.17, 15) is 8.42 Å². The van der Waals surface area contributed by atoms with Crippen molar-refractivity contribution in [1.82, 2.24) is 10.3 Å². The Hall–Kier alpha value is -1.24. The highest BCUT2D eigenvalue weighted by molar-refractivity contribution is 7.90. The molecular formula is C15H20N2O2S2. The summed E-state index contributed by atoms with van der Waals surface area (Å²) in [5, 5.41) is 6.35. The summed E-state index contributed by atoms with van der Waals surface area (Å²) in [4.78, 5) is 4.61. The van der Waals surface area contributed by atoms with Crippen LogP contribution >= 0.6 is 11.3 Å². The minimum atomic E-state index is -2.93. The Morgan fingerprint density at radius 3 is 2.67 bits per heavy atom. The van der Waals surface area contributed by atoms with Crippen molar-refractivity contribution in [2.24, 2.45) is 0 Å². The van der Waals surface area contributed by atoms with E-state index in [1.54, 1.807) is 11.3 Å². The molecular weight excluding hydrogens is 304 g/mol. The van der Waals surface area contributed by atoms with E-state index in [2.05, 4.69) is 15.7 Å². The lowest BCUT2D eigenvalue weighted by molar-refractivity contribution is 0.561. The number of sulfone groups is 1. The zero-order valence-electron chi connectivity index (χ0n) is 12.2. The molecule has 0 saturated carbocycles. The number of nitrogens with zero attached hydrogens (tertiary/aromatic N) is 1. The Morgan fingerprint density at radius 1 is 1.29 bits per heavy atom. The molecule has 1 heterocycles. The van der Waals surface area contributed by atoms with Gasteiger partial charge in [0.15, 0.2) is 0 Å². The zero-order chi connectivity index (χ0) is 15.3. The largest absolute Gasteiger partial charge is 0.313 e. The van der Waals surface area contributed by atoms with Gasteiger partial charge in [-0.2, -0.15) is 0 Å². The molecule has 0 aliphatic heterocycles. The molecule has 1 aromatic heterocycles. The van der Waals surface area contributed by atoms with Crippen molar-refractivity contribution in [3.05, 3.63) is 40.7 Å². The van der Waals surface area contributed by atoms with E-state index in [0.29, 0.717) is 0 Å². The monoisotopic (exact) mass is 324 g/mol. The third kappa shape index (κ3) is 5.57. The van der Waals surface area contributed by atoms with Crippen molar-refractivity contribution < 1.29 is 8.42 Å². The van der Waals surface area contributed by atoms with Crippen LogP contribution in [0, 0.1) is 0 Å². The molecule has 2 rings (SSSR count). The van der Waals surface area contributed by atoms with E-state index < -0.39 is 9.84 Å². The van der Waals surface area contributed by atoms with Crippen LogP contribution in [0.3, 0.4) is 0 Å². The van der Waals surface area contributed by atoms with Crippen LogP contribution in [0.4, 0.5) is 0 Å². The topological polar surface area (TPSA) is 59.1 Å². The lowest BCUT2D eigenvalue weighted by Crippen LogP contribution is -2.34. The van der Waals surface area contributed by atoms with Crippen LogP contribution in [0.15, 0.2) is 35.7 Å². The number of hydrogen-bond donors (Lipinski definition) is 1. The van der Waals surface area contributed by atoms with Crippen molar-refractivity contribution >= 4 is 21.2 Å². The van der Waals surface area contributed by atoms with Gasteiger partial charge < -0.3 is 5.32 Å². The molecule has 0 saturated heterocycles. The zero-order valence-corrected chi connectivity index (χ0v) is 13.9. The van der Waals surface area contributed by atoms with Crippen molar-refractivity contribution in [3.63, 3.8) is 0 Å². The van der Waals surface area contributed by atoms with Gasteiger partial charge in [0.2, 0.25) is 0 Å². The van der Waals surface area contributed by atoms with Gasteiger partial charge in [0, 0.05) is 36.2 Å². The third-order valence-electron chi connectivity index (χ3n) is 3.01. The lowest BCUT2D eigenvalue weighted by atomic mass is 10.2. The summed E-state index contributed by atoms with van der Waals surface area (Å²) >= 11 is 1.64. The number of rotatable bonds is 7. The number of hydrogen-bond acceptors (Lipinski definition) is 5. The molecule has 114 valence electrons. The highest BCUT2D eigenvalue weighted by Gasteiger charge is 2.10. The van der Waals surface area contributed by atoms with Gasteiger partial charge in [0.1, 0.15) is 9.84 Å². The van der Waals surface area contributed by atoms with Gasteiger partial charge in [-0.3, -0.25) is 0 Å². The number of thiazole rings is 1. The highest BCUT2D eigenvalue weighted by atomic mass is 32.2. The number of nitrogens with one attached hydrogen (secondary N) is 1. The predicted octanol–water partition coefficient (Wildman–Crippen LogP) is 2.38. The van der Waals surface area contributed by atoms with E-state index in [1.165, 1.54) is 6.26 Å². The number of aromatic nitrogens is 1. The first-order valence-electron chi connectivity index (χ1n) is 6.85. The van der Waals surface area contributed by atoms with Crippen molar-refractivity contribution in [2.45, 2.75) is 19.4 Å². The van der Waals surface area contributed by atoms with Crippen LogP contribution in [0.5, 0.6) is 0 Å². The van der Waals surface area contributed by atoms with Gasteiger partial charge in [0.05, 0.1) is 16.5 Å². The standard InChI is InChI=1S/C15H20N2O2S2/c1-12(11-21(2,18)19)16-9-8-15-17-14(10-20-15)13-6-4-3-5-7-13/h3-7,10,12,16H,8-9,11H2,1-2H3. The molecule has 21 heavy (non-hydrogen) atoms. The van der Waals surface area contributed by atoms with Crippen molar-refractivity contribution in [3.8, 4) is 11.3 Å². The SMILES string of the molecule is CC(CS(C)(=O)=O)NCCc1nc(-c2ccccc2)cs1. The molecule has 1 unspecified atom stereocenters. The summed E-state index contributed by atoms with van der Waals surface area (Å²) in [5.41, 5.74) is 2.12. The van der Waals surface area contributed by atoms with Gasteiger partial charge in [-0.25, -0.2) is 13.4 Å². The molecule has 6 heteroatoms. The van der Waals surface area contributed by atoms with E-state index in [0.717, 1.165) is 29.2 Å². The maximum absolute atomic E-state index is 11.2. The van der Waals surface area contributed by atoms with Crippen LogP contribution in [-0.2, 0) is 16.3 Å². The second-order valence-corrected chi connectivity index (χ2v) is 8.32. The van der Waals surface area contributed by atoms with Crippen LogP contribution in [0.25, 0.3) is 11.3 Å². The van der Waals surface area contributed by atoms with Crippen molar-refractivity contribution in [2.75, 3.05) is 18.6 Å². The summed E-state index contributed by atoms with van der Waals surface area (Å²) in [6, 6.07) is 10.1. The quantitative estimate of drug-likeness (QED) is 0.849. The Balaban J connectivity index is 1.84. The first-order chi connectivity index (χ1) is 9.94. The second-order valence-electron chi connectivity index (χ2n) is 5.19. The summed E-state index contributed by atoms with van der Waals surface area (Å²) in [6.45, 7) is 2.62. The smallest absolute Gasteiger partial charge is 0.148 e. The first kappa shape index (κ1) is 16.1. The normalized spacial score (nSPS) is 13.2. The van der Waals surface area contributed by atoms with Gasteiger partial charge in [-0.15, -0.1) is 11.3 Å². The van der Waals surface area contributed by atoms with Gasteiger partial charge in [-0.05, 0) is 6.92 Å². The van der Waals surface area contributed by atoms with Crippen LogP contribution in [-0.4, -0.2) is 38.0 Å². The fraction of sp³-hybridized carbons (Fsp3) is 0.400. The number of benzene rings is 1. The van der Waals surface area contributed by atoms with E-state index in [4.69, 9.17) is 0 Å². The Morgan fingerprint density at radius 2 is 2.00 bits per heavy atom. The molecule has 1 aromatic carbocycles. The average molecular weight is 324 g/mol. The molecule has 0 radical (unpaired) electrons. The highest BCUT2D eigenvalue weighted by Crippen LogP contribution is 2.21. The van der Waals surface area contributed by atoms with Gasteiger partial charge >= 0.3 is 0 Å². The van der Waals surface area contributed by atoms with Crippen LogP contribution in [0.2, 0.25) is 0 Å². The molecule has 0 aliphatic rings. The first-order valence-corrected chi connectivity index (χ1v) is 9.79. The molecule has 2 aromatic rings. The fourth-order valence-corrected chi connectivity index (χ4v) is 3.94. The molecule has 0 aliphatic carbocycles. The fourth-order valence-electron chi connectivity index (χ4n) is 2.11. The third-order valence-corrected chi connectivity index (χ3v) is 5.02. The van der Waals surface area contributed by atoms with E-state index >= 15 is 0 Å². The van der Waals surface area contributed by atoms with Gasteiger partial charge in [0.25, 0.3) is 0 Å². The van der Waals surface area contributed by atoms with Gasteiger partial charge in [-0.1, -0.05) is 30.3 Å². The summed E-state index contributed by atoms with van der Waals surface area (Å²) in [7, 11) is -2.93. The van der Waals surface area contributed by atoms with E-state index in [-0.39, 0.29) is 11.8 Å². The maximum atomic E-state index is 11.2. The molecule has 0 spiro atoms. The molecule has 4 nitrogen and oxygen atoms in total. The van der Waals surface area contributed by atoms with E-state index in [1.807, 2.05) is 37.3 Å². The summed E-state index contributed by atoms with van der Waals surface area (Å²) in [5.74, 6) is 0.167. The van der Waals surface area contributed by atoms with Crippen LogP contribution in [0.1, 0.15) is 11.9 Å². The molecule has 0 fully saturated rings. The molecule has 0 amide bonds. The molecule has 0 bridgehead atoms. The summed E-state index contributed by atoms with van der Waals surface area (Å²) in [6.07, 6.45) is 2.07. The molecule has 1 N–H and O–H groups in total. The minimum absolute atomic E-state index is 0.0337. The summed E-state index contributed by atoms with van der Waals surface area (Å²) < 4.78 is 22.4. The Labute approximate surface area is 130 Å².